The SMILES string of the molecule is CCCC(C)(N)C(=O)NCC1(CC)CC1. The molecule has 1 aliphatic rings. The van der Waals surface area contributed by atoms with Crippen molar-refractivity contribution in [3.8, 4) is 0 Å². The Hall–Kier alpha value is -0.570. The van der Waals surface area contributed by atoms with E-state index in [0.717, 1.165) is 25.8 Å². The van der Waals surface area contributed by atoms with Crippen LogP contribution >= 0.6 is 0 Å². The van der Waals surface area contributed by atoms with Crippen LogP contribution in [0.15, 0.2) is 0 Å². The Labute approximate surface area is 92.8 Å². The fourth-order valence-electron chi connectivity index (χ4n) is 1.93. The van der Waals surface area contributed by atoms with E-state index >= 15 is 0 Å². The maximum Gasteiger partial charge on any atom is 0.239 e. The first kappa shape index (κ1) is 12.5. The summed E-state index contributed by atoms with van der Waals surface area (Å²) in [5.74, 6) is 0.00377. The number of hydrogen-bond donors (Lipinski definition) is 2. The van der Waals surface area contributed by atoms with Gasteiger partial charge < -0.3 is 11.1 Å². The van der Waals surface area contributed by atoms with Gasteiger partial charge in [0.05, 0.1) is 5.54 Å². The van der Waals surface area contributed by atoms with Gasteiger partial charge in [0.25, 0.3) is 0 Å². The third kappa shape index (κ3) is 3.20. The summed E-state index contributed by atoms with van der Waals surface area (Å²) in [6, 6.07) is 0. The van der Waals surface area contributed by atoms with Gasteiger partial charge in [-0.2, -0.15) is 0 Å². The summed E-state index contributed by atoms with van der Waals surface area (Å²) < 4.78 is 0. The molecule has 1 amide bonds. The number of nitrogens with two attached hydrogens (primary N) is 1. The summed E-state index contributed by atoms with van der Waals surface area (Å²) in [7, 11) is 0. The lowest BCUT2D eigenvalue weighted by Gasteiger charge is -2.24. The molecule has 1 aliphatic carbocycles. The summed E-state index contributed by atoms with van der Waals surface area (Å²) in [5, 5.41) is 3.00. The zero-order valence-corrected chi connectivity index (χ0v) is 10.2. The molecule has 0 bridgehead atoms. The standard InChI is InChI=1S/C12H24N2O/c1-4-6-11(3,13)10(15)14-9-12(5-2)7-8-12/h4-9,13H2,1-3H3,(H,14,15). The number of carbonyl (C=O) groups is 1. The van der Waals surface area contributed by atoms with Gasteiger partial charge in [-0.1, -0.05) is 20.3 Å². The Balaban J connectivity index is 2.35. The third-order valence-corrected chi connectivity index (χ3v) is 3.62. The topological polar surface area (TPSA) is 55.1 Å². The first-order valence-electron chi connectivity index (χ1n) is 6.03. The van der Waals surface area contributed by atoms with Crippen molar-refractivity contribution < 1.29 is 4.79 Å². The van der Waals surface area contributed by atoms with E-state index in [0.29, 0.717) is 5.41 Å². The zero-order chi connectivity index (χ0) is 11.5. The average molecular weight is 212 g/mol. The quantitative estimate of drug-likeness (QED) is 0.705. The maximum atomic E-state index is 11.8. The molecule has 0 spiro atoms. The molecule has 1 rings (SSSR count). The predicted octanol–water partition coefficient (Wildman–Crippen LogP) is 1.81. The Kier molecular flexibility index (Phi) is 3.77. The first-order chi connectivity index (χ1) is 6.96. The van der Waals surface area contributed by atoms with E-state index < -0.39 is 5.54 Å². The Morgan fingerprint density at radius 2 is 2.07 bits per heavy atom. The van der Waals surface area contributed by atoms with Crippen LogP contribution in [0.3, 0.4) is 0 Å². The molecule has 15 heavy (non-hydrogen) atoms. The molecule has 0 heterocycles. The van der Waals surface area contributed by atoms with E-state index in [2.05, 4.69) is 12.2 Å². The maximum absolute atomic E-state index is 11.8. The molecule has 1 saturated carbocycles. The van der Waals surface area contributed by atoms with Crippen molar-refractivity contribution in [2.24, 2.45) is 11.1 Å². The van der Waals surface area contributed by atoms with E-state index in [4.69, 9.17) is 5.73 Å². The van der Waals surface area contributed by atoms with Crippen LogP contribution in [0.2, 0.25) is 0 Å². The second-order valence-corrected chi connectivity index (χ2v) is 5.20. The van der Waals surface area contributed by atoms with E-state index in [1.807, 2.05) is 13.8 Å². The molecule has 3 N–H and O–H groups in total. The molecule has 3 heteroatoms. The van der Waals surface area contributed by atoms with Crippen LogP contribution in [0, 0.1) is 5.41 Å². The van der Waals surface area contributed by atoms with E-state index in [1.54, 1.807) is 0 Å². The molecule has 3 nitrogen and oxygen atoms in total. The Morgan fingerprint density at radius 3 is 2.47 bits per heavy atom. The molecule has 1 atom stereocenters. The van der Waals surface area contributed by atoms with Crippen molar-refractivity contribution in [1.29, 1.82) is 0 Å². The van der Waals surface area contributed by atoms with Gasteiger partial charge in [-0.25, -0.2) is 0 Å². The van der Waals surface area contributed by atoms with Crippen LogP contribution in [-0.2, 0) is 4.79 Å². The number of hydrogen-bond acceptors (Lipinski definition) is 2. The summed E-state index contributed by atoms with van der Waals surface area (Å²) >= 11 is 0. The number of carbonyl (C=O) groups excluding carboxylic acids is 1. The Bertz CT molecular complexity index is 232. The largest absolute Gasteiger partial charge is 0.354 e. The average Bonchev–Trinajstić information content (AvgIpc) is 2.95. The van der Waals surface area contributed by atoms with Crippen molar-refractivity contribution in [1.82, 2.24) is 5.32 Å². The zero-order valence-electron chi connectivity index (χ0n) is 10.2. The molecule has 1 unspecified atom stereocenters. The lowest BCUT2D eigenvalue weighted by Crippen LogP contribution is -2.52. The number of rotatable bonds is 6. The summed E-state index contributed by atoms with van der Waals surface area (Å²) in [5.41, 5.74) is 5.65. The van der Waals surface area contributed by atoms with Crippen LogP contribution in [0.25, 0.3) is 0 Å². The molecule has 1 fully saturated rings. The van der Waals surface area contributed by atoms with Crippen LogP contribution < -0.4 is 11.1 Å². The molecule has 0 radical (unpaired) electrons. The lowest BCUT2D eigenvalue weighted by molar-refractivity contribution is -0.126. The van der Waals surface area contributed by atoms with Crippen LogP contribution in [0.5, 0.6) is 0 Å². The van der Waals surface area contributed by atoms with Gasteiger partial charge in [-0.15, -0.1) is 0 Å². The Morgan fingerprint density at radius 1 is 1.47 bits per heavy atom. The smallest absolute Gasteiger partial charge is 0.239 e. The lowest BCUT2D eigenvalue weighted by atomic mass is 9.95. The molecule has 0 saturated heterocycles. The van der Waals surface area contributed by atoms with Crippen molar-refractivity contribution >= 4 is 5.91 Å². The fraction of sp³-hybridized carbons (Fsp3) is 0.917. The fourth-order valence-corrected chi connectivity index (χ4v) is 1.93. The summed E-state index contributed by atoms with van der Waals surface area (Å²) in [6.07, 6.45) is 5.34. The molecule has 0 aliphatic heterocycles. The van der Waals surface area contributed by atoms with Crippen molar-refractivity contribution in [2.75, 3.05) is 6.54 Å². The monoisotopic (exact) mass is 212 g/mol. The van der Waals surface area contributed by atoms with E-state index in [9.17, 15) is 4.79 Å². The minimum Gasteiger partial charge on any atom is -0.354 e. The minimum atomic E-state index is -0.696. The van der Waals surface area contributed by atoms with Gasteiger partial charge >= 0.3 is 0 Å². The van der Waals surface area contributed by atoms with Gasteiger partial charge in [-0.3, -0.25) is 4.79 Å². The summed E-state index contributed by atoms with van der Waals surface area (Å²) in [6.45, 7) is 6.86. The molecule has 0 aromatic rings. The van der Waals surface area contributed by atoms with E-state index in [1.165, 1.54) is 12.8 Å². The molecular weight excluding hydrogens is 188 g/mol. The van der Waals surface area contributed by atoms with Crippen LogP contribution in [0.4, 0.5) is 0 Å². The highest BCUT2D eigenvalue weighted by Crippen LogP contribution is 2.47. The van der Waals surface area contributed by atoms with Crippen molar-refractivity contribution in [3.05, 3.63) is 0 Å². The molecular formula is C12H24N2O. The highest BCUT2D eigenvalue weighted by molar-refractivity contribution is 5.85. The van der Waals surface area contributed by atoms with E-state index in [-0.39, 0.29) is 5.91 Å². The molecule has 0 aromatic carbocycles. The van der Waals surface area contributed by atoms with Crippen LogP contribution in [0.1, 0.15) is 52.9 Å². The van der Waals surface area contributed by atoms with Gasteiger partial charge in [0, 0.05) is 6.54 Å². The van der Waals surface area contributed by atoms with Gasteiger partial charge in [0.1, 0.15) is 0 Å². The van der Waals surface area contributed by atoms with Crippen molar-refractivity contribution in [2.45, 2.75) is 58.4 Å². The number of amides is 1. The van der Waals surface area contributed by atoms with Gasteiger partial charge in [0.15, 0.2) is 0 Å². The number of nitrogens with one attached hydrogen (secondary N) is 1. The predicted molar refractivity (Wildman–Crippen MR) is 62.5 cm³/mol. The third-order valence-electron chi connectivity index (χ3n) is 3.62. The second kappa shape index (κ2) is 4.52. The first-order valence-corrected chi connectivity index (χ1v) is 6.03. The highest BCUT2D eigenvalue weighted by atomic mass is 16.2. The summed E-state index contributed by atoms with van der Waals surface area (Å²) in [4.78, 5) is 11.8. The minimum absolute atomic E-state index is 0.00377. The van der Waals surface area contributed by atoms with Crippen LogP contribution in [-0.4, -0.2) is 18.0 Å². The van der Waals surface area contributed by atoms with Crippen molar-refractivity contribution in [3.63, 3.8) is 0 Å². The highest BCUT2D eigenvalue weighted by Gasteiger charge is 2.41. The molecule has 0 aromatic heterocycles. The van der Waals surface area contributed by atoms with Gasteiger partial charge in [-0.05, 0) is 38.0 Å². The normalized spacial score (nSPS) is 21.9. The second-order valence-electron chi connectivity index (χ2n) is 5.20. The van der Waals surface area contributed by atoms with Gasteiger partial charge in [0.2, 0.25) is 5.91 Å². The molecule has 88 valence electrons.